The third kappa shape index (κ3) is 3.56. The van der Waals surface area contributed by atoms with E-state index in [1.165, 1.54) is 23.0 Å². The minimum atomic E-state index is -0.438. The van der Waals surface area contributed by atoms with Gasteiger partial charge in [-0.05, 0) is 24.3 Å². The molecule has 1 aliphatic heterocycles. The van der Waals surface area contributed by atoms with Crippen molar-refractivity contribution in [2.45, 2.75) is 18.8 Å². The monoisotopic (exact) mass is 430 g/mol. The van der Waals surface area contributed by atoms with Crippen molar-refractivity contribution < 1.29 is 9.59 Å². The number of hydrogen-bond acceptors (Lipinski definition) is 6. The number of carbonyl (C=O) groups is 2. The molecule has 0 bridgehead atoms. The number of H-pyrrole nitrogens is 1. The Morgan fingerprint density at radius 3 is 2.83 bits per heavy atom. The summed E-state index contributed by atoms with van der Waals surface area (Å²) >= 11 is 1.32. The van der Waals surface area contributed by atoms with Crippen LogP contribution in [0.25, 0.3) is 11.2 Å². The second kappa shape index (κ2) is 7.90. The molecule has 30 heavy (non-hydrogen) atoms. The van der Waals surface area contributed by atoms with E-state index >= 15 is 0 Å². The first-order valence-electron chi connectivity index (χ1n) is 9.62. The molecule has 4 rings (SSSR count). The molecule has 0 spiro atoms. The normalized spacial score (nSPS) is 16.7. The molecule has 1 unspecified atom stereocenters. The average Bonchev–Trinajstić information content (AvgIpc) is 3.45. The van der Waals surface area contributed by atoms with Crippen LogP contribution in [0.2, 0.25) is 0 Å². The molecule has 0 aliphatic carbocycles. The number of fused-ring (bicyclic) bond motifs is 1. The van der Waals surface area contributed by atoms with Gasteiger partial charge in [-0.15, -0.1) is 11.3 Å². The summed E-state index contributed by atoms with van der Waals surface area (Å²) in [5, 5.41) is 4.47. The Kier molecular flexibility index (Phi) is 5.29. The highest BCUT2D eigenvalue weighted by molar-refractivity contribution is 7.12. The highest BCUT2D eigenvalue weighted by Gasteiger charge is 2.28. The molecule has 3 aromatic rings. The van der Waals surface area contributed by atoms with E-state index in [1.54, 1.807) is 24.1 Å². The van der Waals surface area contributed by atoms with Gasteiger partial charge in [-0.25, -0.2) is 9.78 Å². The molecular formula is C19H22N6O4S. The Morgan fingerprint density at radius 2 is 2.10 bits per heavy atom. The van der Waals surface area contributed by atoms with Gasteiger partial charge in [-0.3, -0.25) is 23.5 Å². The maximum Gasteiger partial charge on any atom is 0.332 e. The Balaban J connectivity index is 1.49. The fourth-order valence-corrected chi connectivity index (χ4v) is 4.37. The average molecular weight is 430 g/mol. The fourth-order valence-electron chi connectivity index (χ4n) is 3.73. The molecule has 1 atom stereocenters. The van der Waals surface area contributed by atoms with Crippen molar-refractivity contribution in [2.75, 3.05) is 19.6 Å². The van der Waals surface area contributed by atoms with Gasteiger partial charge in [-0.1, -0.05) is 6.07 Å². The first-order chi connectivity index (χ1) is 14.4. The van der Waals surface area contributed by atoms with Crippen LogP contribution in [0.5, 0.6) is 0 Å². The van der Waals surface area contributed by atoms with Gasteiger partial charge < -0.3 is 15.2 Å². The summed E-state index contributed by atoms with van der Waals surface area (Å²) in [5.41, 5.74) is -0.273. The lowest BCUT2D eigenvalue weighted by atomic mass is 9.97. The van der Waals surface area contributed by atoms with Crippen molar-refractivity contribution in [2.24, 2.45) is 14.1 Å². The number of thiophene rings is 1. The third-order valence-corrected chi connectivity index (χ3v) is 6.29. The number of nitrogens with zero attached hydrogens (tertiary/aromatic N) is 4. The number of carbonyl (C=O) groups excluding carboxylic acids is 2. The fraction of sp³-hybridized carbons (Fsp3) is 0.421. The van der Waals surface area contributed by atoms with E-state index < -0.39 is 11.2 Å². The second-order valence-corrected chi connectivity index (χ2v) is 8.31. The summed E-state index contributed by atoms with van der Waals surface area (Å²) in [6.07, 6.45) is 1.59. The van der Waals surface area contributed by atoms with Crippen LogP contribution in [0.4, 0.5) is 0 Å². The highest BCUT2D eigenvalue weighted by atomic mass is 32.1. The predicted molar refractivity (Wildman–Crippen MR) is 112 cm³/mol. The van der Waals surface area contributed by atoms with E-state index in [4.69, 9.17) is 0 Å². The maximum atomic E-state index is 12.6. The molecule has 2 amide bonds. The molecular weight excluding hydrogens is 408 g/mol. The number of amides is 2. The summed E-state index contributed by atoms with van der Waals surface area (Å²) in [5.74, 6) is 0.0799. The van der Waals surface area contributed by atoms with Crippen molar-refractivity contribution in [3.8, 4) is 0 Å². The highest BCUT2D eigenvalue weighted by Crippen LogP contribution is 2.25. The topological polar surface area (TPSA) is 122 Å². The zero-order valence-electron chi connectivity index (χ0n) is 16.7. The molecule has 1 fully saturated rings. The number of likely N-dealkylation sites (tertiary alicyclic amines) is 1. The molecule has 0 aromatic carbocycles. The standard InChI is InChI=1S/C19H22N6O4S/c1-23-16-14(18(28)24(2)19(23)29)21-15(22-16)11-5-3-7-25(10-11)13(26)9-20-17(27)12-6-4-8-30-12/h4,6,8,11H,3,5,7,9-10H2,1-2H3,(H,20,27)(H,21,22). The second-order valence-electron chi connectivity index (χ2n) is 7.37. The lowest BCUT2D eigenvalue weighted by Gasteiger charge is -2.31. The minimum Gasteiger partial charge on any atom is -0.342 e. The summed E-state index contributed by atoms with van der Waals surface area (Å²) < 4.78 is 2.37. The number of aromatic nitrogens is 4. The number of aryl methyl sites for hydroxylation is 1. The molecule has 4 heterocycles. The third-order valence-electron chi connectivity index (χ3n) is 5.42. The van der Waals surface area contributed by atoms with Gasteiger partial charge in [0.25, 0.3) is 11.5 Å². The zero-order chi connectivity index (χ0) is 21.4. The van der Waals surface area contributed by atoms with E-state index in [9.17, 15) is 19.2 Å². The number of rotatable bonds is 4. The summed E-state index contributed by atoms with van der Waals surface area (Å²) in [6, 6.07) is 3.49. The van der Waals surface area contributed by atoms with E-state index in [1.807, 2.05) is 5.38 Å². The molecule has 2 N–H and O–H groups in total. The largest absolute Gasteiger partial charge is 0.342 e. The van der Waals surface area contributed by atoms with Gasteiger partial charge in [0.2, 0.25) is 5.91 Å². The van der Waals surface area contributed by atoms with Crippen molar-refractivity contribution in [1.82, 2.24) is 29.3 Å². The summed E-state index contributed by atoms with van der Waals surface area (Å²) in [6.45, 7) is 0.963. The summed E-state index contributed by atoms with van der Waals surface area (Å²) in [7, 11) is 3.00. The summed E-state index contributed by atoms with van der Waals surface area (Å²) in [4.78, 5) is 59.0. The Morgan fingerprint density at radius 1 is 1.30 bits per heavy atom. The quantitative estimate of drug-likeness (QED) is 0.611. The molecule has 10 nitrogen and oxygen atoms in total. The minimum absolute atomic E-state index is 0.0708. The molecule has 1 aliphatic rings. The number of aromatic amines is 1. The Hall–Kier alpha value is -3.21. The van der Waals surface area contributed by atoms with E-state index in [0.717, 1.165) is 17.4 Å². The lowest BCUT2D eigenvalue weighted by molar-refractivity contribution is -0.131. The number of nitrogens with one attached hydrogen (secondary N) is 2. The first-order valence-corrected chi connectivity index (χ1v) is 10.5. The Bertz CT molecular complexity index is 1220. The number of piperidine rings is 1. The van der Waals surface area contributed by atoms with Crippen LogP contribution in [0.15, 0.2) is 27.1 Å². The van der Waals surface area contributed by atoms with Gasteiger partial charge >= 0.3 is 5.69 Å². The Labute approximate surface area is 175 Å². The van der Waals surface area contributed by atoms with Crippen molar-refractivity contribution >= 4 is 34.3 Å². The lowest BCUT2D eigenvalue weighted by Crippen LogP contribution is -2.44. The smallest absolute Gasteiger partial charge is 0.332 e. The predicted octanol–water partition coefficient (Wildman–Crippen LogP) is 0.158. The SMILES string of the molecule is Cn1c(=O)c2[nH]c(C3CCCN(C(=O)CNC(=O)c4cccs4)C3)nc2n(C)c1=O. The number of hydrogen-bond donors (Lipinski definition) is 2. The van der Waals surface area contributed by atoms with Gasteiger partial charge in [0.1, 0.15) is 11.3 Å². The van der Waals surface area contributed by atoms with Crippen LogP contribution in [0.3, 0.4) is 0 Å². The van der Waals surface area contributed by atoms with Gasteiger partial charge in [0, 0.05) is 33.1 Å². The van der Waals surface area contributed by atoms with Gasteiger partial charge in [-0.2, -0.15) is 0 Å². The van der Waals surface area contributed by atoms with Gasteiger partial charge in [0.15, 0.2) is 5.65 Å². The van der Waals surface area contributed by atoms with E-state index in [-0.39, 0.29) is 29.8 Å². The van der Waals surface area contributed by atoms with Crippen LogP contribution in [0, 0.1) is 0 Å². The number of imidazole rings is 1. The molecule has 0 saturated carbocycles. The van der Waals surface area contributed by atoms with Crippen LogP contribution in [0.1, 0.15) is 34.3 Å². The van der Waals surface area contributed by atoms with Crippen LogP contribution in [-0.4, -0.2) is 55.5 Å². The van der Waals surface area contributed by atoms with Gasteiger partial charge in [0.05, 0.1) is 11.4 Å². The van der Waals surface area contributed by atoms with Crippen LogP contribution in [-0.2, 0) is 18.9 Å². The molecule has 158 valence electrons. The van der Waals surface area contributed by atoms with Crippen molar-refractivity contribution in [1.29, 1.82) is 0 Å². The zero-order valence-corrected chi connectivity index (χ0v) is 17.5. The van der Waals surface area contributed by atoms with E-state index in [2.05, 4.69) is 15.3 Å². The van der Waals surface area contributed by atoms with Crippen molar-refractivity contribution in [3.63, 3.8) is 0 Å². The van der Waals surface area contributed by atoms with E-state index in [0.29, 0.717) is 29.4 Å². The molecule has 11 heteroatoms. The van der Waals surface area contributed by atoms with Crippen LogP contribution < -0.4 is 16.6 Å². The van der Waals surface area contributed by atoms with Crippen LogP contribution >= 0.6 is 11.3 Å². The molecule has 1 saturated heterocycles. The molecule has 0 radical (unpaired) electrons. The molecule has 3 aromatic heterocycles. The first kappa shape index (κ1) is 20.1. The maximum absolute atomic E-state index is 12.6. The van der Waals surface area contributed by atoms with Crippen molar-refractivity contribution in [3.05, 3.63) is 49.1 Å².